The lowest BCUT2D eigenvalue weighted by atomic mass is 9.77. The minimum absolute atomic E-state index is 0.0241. The molecule has 1 rings (SSSR count). The zero-order chi connectivity index (χ0) is 18.9. The van der Waals surface area contributed by atoms with E-state index in [2.05, 4.69) is 31.4 Å². The first-order valence-corrected chi connectivity index (χ1v) is 9.68. The number of unbranched alkanes of at least 4 members (excludes halogenated alkanes) is 1. The molecule has 0 aromatic rings. The van der Waals surface area contributed by atoms with E-state index in [9.17, 15) is 9.59 Å². The first-order chi connectivity index (χ1) is 11.7. The third-order valence-electron chi connectivity index (χ3n) is 4.97. The van der Waals surface area contributed by atoms with Crippen molar-refractivity contribution in [2.45, 2.75) is 95.7 Å². The van der Waals surface area contributed by atoms with Crippen LogP contribution in [0.5, 0.6) is 0 Å². The quantitative estimate of drug-likeness (QED) is 0.424. The molecule has 1 aliphatic rings. The van der Waals surface area contributed by atoms with Crippen LogP contribution in [-0.2, 0) is 9.59 Å². The summed E-state index contributed by atoms with van der Waals surface area (Å²) < 4.78 is 0. The molecule has 1 atom stereocenters. The monoisotopic (exact) mass is 355 g/mol. The molecule has 0 bridgehead atoms. The second-order valence-electron chi connectivity index (χ2n) is 8.36. The molecule has 6 nitrogen and oxygen atoms in total. The summed E-state index contributed by atoms with van der Waals surface area (Å²) in [7, 11) is 0. The summed E-state index contributed by atoms with van der Waals surface area (Å²) in [6.07, 6.45) is 7.84. The van der Waals surface area contributed by atoms with Gasteiger partial charge in [0.1, 0.15) is 6.04 Å². The van der Waals surface area contributed by atoms with E-state index in [1.807, 2.05) is 0 Å². The van der Waals surface area contributed by atoms with E-state index in [-0.39, 0.29) is 11.1 Å². The maximum atomic E-state index is 12.9. The van der Waals surface area contributed by atoms with Gasteiger partial charge in [0, 0.05) is 18.5 Å². The summed E-state index contributed by atoms with van der Waals surface area (Å²) in [4.78, 5) is 23.6. The molecule has 0 aliphatic heterocycles. The van der Waals surface area contributed by atoms with Gasteiger partial charge in [0.2, 0.25) is 0 Å². The maximum Gasteiger partial charge on any atom is 0.320 e. The highest BCUT2D eigenvalue weighted by atomic mass is 16.4. The molecule has 0 spiro atoms. The van der Waals surface area contributed by atoms with Crippen LogP contribution >= 0.6 is 0 Å². The van der Waals surface area contributed by atoms with Crippen molar-refractivity contribution in [1.29, 1.82) is 0 Å². The molecule has 0 aromatic heterocycles. The first kappa shape index (κ1) is 22.1. The third-order valence-corrected chi connectivity index (χ3v) is 4.97. The molecule has 0 radical (unpaired) electrons. The van der Waals surface area contributed by atoms with Crippen LogP contribution in [0.2, 0.25) is 0 Å². The third kappa shape index (κ3) is 8.29. The molecule has 0 aromatic carbocycles. The summed E-state index contributed by atoms with van der Waals surface area (Å²) in [5.74, 6) is -0.635. The SMILES string of the molecule is CC(C)(C)NCCC(=O)C1(NCCCC[C@H](N)C(=O)O)CCCCC1. The number of aliphatic carboxylic acids is 1. The van der Waals surface area contributed by atoms with E-state index in [1.54, 1.807) is 0 Å². The highest BCUT2D eigenvalue weighted by molar-refractivity contribution is 5.88. The first-order valence-electron chi connectivity index (χ1n) is 9.68. The number of carboxylic acid groups (broad SMARTS) is 1. The Bertz CT molecular complexity index is 426. The highest BCUT2D eigenvalue weighted by Gasteiger charge is 2.37. The van der Waals surface area contributed by atoms with E-state index in [0.717, 1.165) is 45.1 Å². The second-order valence-corrected chi connectivity index (χ2v) is 8.36. The lowest BCUT2D eigenvalue weighted by molar-refractivity contribution is -0.138. The fourth-order valence-corrected chi connectivity index (χ4v) is 3.44. The highest BCUT2D eigenvalue weighted by Crippen LogP contribution is 2.30. The molecule has 0 saturated heterocycles. The van der Waals surface area contributed by atoms with Crippen molar-refractivity contribution in [3.63, 3.8) is 0 Å². The van der Waals surface area contributed by atoms with E-state index >= 15 is 0 Å². The molecule has 0 unspecified atom stereocenters. The van der Waals surface area contributed by atoms with Crippen molar-refractivity contribution >= 4 is 11.8 Å². The zero-order valence-corrected chi connectivity index (χ0v) is 16.2. The molecule has 0 amide bonds. The molecular weight excluding hydrogens is 318 g/mol. The Hall–Kier alpha value is -0.980. The molecule has 1 saturated carbocycles. The number of nitrogens with one attached hydrogen (secondary N) is 2. The van der Waals surface area contributed by atoms with Gasteiger partial charge in [0.25, 0.3) is 0 Å². The van der Waals surface area contributed by atoms with E-state index in [0.29, 0.717) is 25.2 Å². The Labute approximate surface area is 152 Å². The second kappa shape index (κ2) is 10.2. The number of carbonyl (C=O) groups is 2. The predicted molar refractivity (Wildman–Crippen MR) is 101 cm³/mol. The predicted octanol–water partition coefficient (Wildman–Crippen LogP) is 2.21. The Kier molecular flexibility index (Phi) is 9.03. The van der Waals surface area contributed by atoms with Crippen molar-refractivity contribution < 1.29 is 14.7 Å². The van der Waals surface area contributed by atoms with Gasteiger partial charge in [0.15, 0.2) is 5.78 Å². The molecule has 1 fully saturated rings. The van der Waals surface area contributed by atoms with E-state index < -0.39 is 12.0 Å². The van der Waals surface area contributed by atoms with Gasteiger partial charge in [-0.25, -0.2) is 0 Å². The van der Waals surface area contributed by atoms with Crippen molar-refractivity contribution in [1.82, 2.24) is 10.6 Å². The Morgan fingerprint density at radius 3 is 2.32 bits per heavy atom. The van der Waals surface area contributed by atoms with Crippen molar-refractivity contribution in [2.75, 3.05) is 13.1 Å². The number of rotatable bonds is 11. The van der Waals surface area contributed by atoms with Gasteiger partial charge in [-0.05, 0) is 53.0 Å². The van der Waals surface area contributed by atoms with Gasteiger partial charge in [0.05, 0.1) is 5.54 Å². The van der Waals surface area contributed by atoms with Crippen LogP contribution in [0.3, 0.4) is 0 Å². The topological polar surface area (TPSA) is 104 Å². The lowest BCUT2D eigenvalue weighted by Gasteiger charge is -2.37. The summed E-state index contributed by atoms with van der Waals surface area (Å²) in [6, 6.07) is -0.784. The standard InChI is InChI=1S/C19H37N3O3/c1-18(2,3)21-14-10-16(23)19(11-6-4-7-12-19)22-13-8-5-9-15(20)17(24)25/h15,21-22H,4-14,20H2,1-3H3,(H,24,25)/t15-/m0/s1. The van der Waals surface area contributed by atoms with Gasteiger partial charge >= 0.3 is 5.97 Å². The van der Waals surface area contributed by atoms with Crippen LogP contribution in [0.25, 0.3) is 0 Å². The number of carbonyl (C=O) groups excluding carboxylic acids is 1. The van der Waals surface area contributed by atoms with Crippen LogP contribution in [0.15, 0.2) is 0 Å². The average molecular weight is 356 g/mol. The fourth-order valence-electron chi connectivity index (χ4n) is 3.44. The largest absolute Gasteiger partial charge is 0.480 e. The molecule has 25 heavy (non-hydrogen) atoms. The average Bonchev–Trinajstić information content (AvgIpc) is 2.53. The normalized spacial score (nSPS) is 18.7. The van der Waals surface area contributed by atoms with Gasteiger partial charge in [-0.15, -0.1) is 0 Å². The summed E-state index contributed by atoms with van der Waals surface area (Å²) in [5.41, 5.74) is 5.17. The van der Waals surface area contributed by atoms with Gasteiger partial charge in [-0.3, -0.25) is 9.59 Å². The molecule has 6 heteroatoms. The zero-order valence-electron chi connectivity index (χ0n) is 16.2. The number of Topliss-reactive ketones (excluding diaryl/α,β-unsaturated/α-hetero) is 1. The molecule has 5 N–H and O–H groups in total. The number of hydrogen-bond acceptors (Lipinski definition) is 5. The number of nitrogens with two attached hydrogens (primary N) is 1. The molecule has 0 heterocycles. The van der Waals surface area contributed by atoms with Crippen LogP contribution in [-0.4, -0.2) is 47.1 Å². The smallest absolute Gasteiger partial charge is 0.320 e. The van der Waals surface area contributed by atoms with Gasteiger partial charge in [-0.1, -0.05) is 25.7 Å². The van der Waals surface area contributed by atoms with E-state index in [4.69, 9.17) is 10.8 Å². The minimum Gasteiger partial charge on any atom is -0.480 e. The lowest BCUT2D eigenvalue weighted by Crippen LogP contribution is -2.54. The Morgan fingerprint density at radius 2 is 1.76 bits per heavy atom. The number of hydrogen-bond donors (Lipinski definition) is 4. The molecule has 146 valence electrons. The van der Waals surface area contributed by atoms with Crippen molar-refractivity contribution in [3.05, 3.63) is 0 Å². The Morgan fingerprint density at radius 1 is 1.12 bits per heavy atom. The van der Waals surface area contributed by atoms with Crippen LogP contribution < -0.4 is 16.4 Å². The van der Waals surface area contributed by atoms with Crippen molar-refractivity contribution in [3.8, 4) is 0 Å². The van der Waals surface area contributed by atoms with Crippen LogP contribution in [0.4, 0.5) is 0 Å². The minimum atomic E-state index is -0.946. The summed E-state index contributed by atoms with van der Waals surface area (Å²) in [6.45, 7) is 7.76. The van der Waals surface area contributed by atoms with Crippen LogP contribution in [0, 0.1) is 0 Å². The number of carboxylic acids is 1. The summed E-state index contributed by atoms with van der Waals surface area (Å²) in [5, 5.41) is 15.7. The van der Waals surface area contributed by atoms with Crippen LogP contribution in [0.1, 0.15) is 78.6 Å². The maximum absolute atomic E-state index is 12.9. The Balaban J connectivity index is 2.43. The van der Waals surface area contributed by atoms with Crippen molar-refractivity contribution in [2.24, 2.45) is 5.73 Å². The fraction of sp³-hybridized carbons (Fsp3) is 0.895. The van der Waals surface area contributed by atoms with E-state index in [1.165, 1.54) is 6.42 Å². The molecule has 1 aliphatic carbocycles. The van der Waals surface area contributed by atoms with Gasteiger partial charge < -0.3 is 21.5 Å². The molecular formula is C19H37N3O3. The van der Waals surface area contributed by atoms with Gasteiger partial charge in [-0.2, -0.15) is 0 Å². The number of ketones is 1. The summed E-state index contributed by atoms with van der Waals surface area (Å²) >= 11 is 0.